The van der Waals surface area contributed by atoms with Gasteiger partial charge in [-0.25, -0.2) is 4.57 Å². The third kappa shape index (κ3) is 4.42. The van der Waals surface area contributed by atoms with Crippen molar-refractivity contribution in [1.82, 2.24) is 0 Å². The Morgan fingerprint density at radius 1 is 0.824 bits per heavy atom. The van der Waals surface area contributed by atoms with Gasteiger partial charge in [0.05, 0.1) is 0 Å². The van der Waals surface area contributed by atoms with E-state index in [1.54, 1.807) is 24.3 Å². The molecule has 1 aliphatic carbocycles. The molecule has 1 aliphatic rings. The Morgan fingerprint density at radius 2 is 1.12 bits per heavy atom. The van der Waals surface area contributed by atoms with Gasteiger partial charge >= 0.3 is 7.82 Å². The summed E-state index contributed by atoms with van der Waals surface area (Å²) in [6, 6.07) is 6.84. The van der Waals surface area contributed by atoms with E-state index < -0.39 is 7.82 Å². The molecule has 3 N–H and O–H groups in total. The number of ketones is 2. The van der Waals surface area contributed by atoms with Crippen molar-refractivity contribution in [2.24, 2.45) is 0 Å². The largest absolute Gasteiger partial charge is 0.466 e. The normalized spacial score (nSPS) is 13.8. The third-order valence-corrected chi connectivity index (χ3v) is 1.84. The molecule has 0 spiro atoms. The zero-order valence-corrected chi connectivity index (χ0v) is 9.37. The molecular weight excluding hydrogens is 247 g/mol. The molecule has 0 fully saturated rings. The van der Waals surface area contributed by atoms with Crippen LogP contribution in [-0.4, -0.2) is 26.2 Å². The van der Waals surface area contributed by atoms with Crippen molar-refractivity contribution in [3.63, 3.8) is 0 Å². The monoisotopic (exact) mass is 256 g/mol. The van der Waals surface area contributed by atoms with Crippen LogP contribution in [0, 0.1) is 0 Å². The van der Waals surface area contributed by atoms with Gasteiger partial charge in [0, 0.05) is 11.1 Å². The molecule has 17 heavy (non-hydrogen) atoms. The molecule has 2 rings (SSSR count). The summed E-state index contributed by atoms with van der Waals surface area (Å²) in [6.07, 6.45) is 2.62. The molecular formula is C10H9O6P. The lowest BCUT2D eigenvalue weighted by Gasteiger charge is -2.06. The van der Waals surface area contributed by atoms with Gasteiger partial charge in [-0.2, -0.15) is 0 Å². The minimum absolute atomic E-state index is 0.0924. The summed E-state index contributed by atoms with van der Waals surface area (Å²) in [5, 5.41) is 0. The van der Waals surface area contributed by atoms with Crippen LogP contribution in [0.25, 0.3) is 0 Å². The van der Waals surface area contributed by atoms with Crippen LogP contribution >= 0.6 is 7.82 Å². The second-order valence-electron chi connectivity index (χ2n) is 3.12. The molecule has 0 atom stereocenters. The van der Waals surface area contributed by atoms with E-state index in [0.29, 0.717) is 11.1 Å². The Hall–Kier alpha value is -1.59. The van der Waals surface area contributed by atoms with Gasteiger partial charge in [0.2, 0.25) is 0 Å². The van der Waals surface area contributed by atoms with Crippen molar-refractivity contribution >= 4 is 19.4 Å². The van der Waals surface area contributed by atoms with Gasteiger partial charge < -0.3 is 14.7 Å². The lowest BCUT2D eigenvalue weighted by molar-refractivity contribution is 0.0994. The number of rotatable bonds is 0. The number of benzene rings is 1. The van der Waals surface area contributed by atoms with Crippen molar-refractivity contribution in [2.45, 2.75) is 0 Å². The molecule has 0 unspecified atom stereocenters. The van der Waals surface area contributed by atoms with E-state index in [-0.39, 0.29) is 11.6 Å². The topological polar surface area (TPSA) is 112 Å². The first-order chi connectivity index (χ1) is 7.79. The van der Waals surface area contributed by atoms with Gasteiger partial charge in [-0.1, -0.05) is 24.3 Å². The molecule has 0 saturated heterocycles. The maximum Gasteiger partial charge on any atom is 0.466 e. The van der Waals surface area contributed by atoms with Crippen LogP contribution in [0.5, 0.6) is 0 Å². The highest BCUT2D eigenvalue weighted by molar-refractivity contribution is 7.45. The van der Waals surface area contributed by atoms with E-state index in [0.717, 1.165) is 0 Å². The van der Waals surface area contributed by atoms with E-state index >= 15 is 0 Å². The molecule has 1 aromatic rings. The average molecular weight is 256 g/mol. The maximum atomic E-state index is 11.2. The van der Waals surface area contributed by atoms with Gasteiger partial charge in [-0.15, -0.1) is 0 Å². The molecule has 0 bridgehead atoms. The Labute approximate surface area is 96.5 Å². The van der Waals surface area contributed by atoms with Crippen molar-refractivity contribution in [1.29, 1.82) is 0 Å². The quantitative estimate of drug-likeness (QED) is 0.589. The highest BCUT2D eigenvalue weighted by Gasteiger charge is 2.16. The average Bonchev–Trinajstić information content (AvgIpc) is 2.22. The number of hydrogen-bond acceptors (Lipinski definition) is 3. The van der Waals surface area contributed by atoms with Crippen LogP contribution in [0.3, 0.4) is 0 Å². The Kier molecular flexibility index (Phi) is 4.09. The number of allylic oxidation sites excluding steroid dienone is 2. The van der Waals surface area contributed by atoms with Crippen LogP contribution in [0.2, 0.25) is 0 Å². The number of hydrogen-bond donors (Lipinski definition) is 3. The number of phosphoric acid groups is 1. The molecule has 0 amide bonds. The molecule has 0 heterocycles. The number of fused-ring (bicyclic) bond motifs is 1. The van der Waals surface area contributed by atoms with E-state index in [2.05, 4.69) is 0 Å². The first-order valence-corrected chi connectivity index (χ1v) is 5.99. The van der Waals surface area contributed by atoms with Crippen LogP contribution in [0.15, 0.2) is 36.4 Å². The second kappa shape index (κ2) is 5.16. The summed E-state index contributed by atoms with van der Waals surface area (Å²) in [4.78, 5) is 43.9. The van der Waals surface area contributed by atoms with E-state index in [1.165, 1.54) is 12.2 Å². The summed E-state index contributed by atoms with van der Waals surface area (Å²) < 4.78 is 8.88. The van der Waals surface area contributed by atoms with Gasteiger partial charge in [0.25, 0.3) is 0 Å². The lowest BCUT2D eigenvalue weighted by atomic mass is 9.95. The van der Waals surface area contributed by atoms with Crippen LogP contribution in [0.4, 0.5) is 0 Å². The van der Waals surface area contributed by atoms with Gasteiger partial charge in [0.15, 0.2) is 11.6 Å². The molecule has 0 radical (unpaired) electrons. The molecule has 90 valence electrons. The minimum Gasteiger partial charge on any atom is -0.303 e. The second-order valence-corrected chi connectivity index (χ2v) is 4.15. The molecule has 1 aromatic carbocycles. The standard InChI is InChI=1S/C10H6O2.H3O4P/c11-9-5-6-10(12)8-4-2-1-3-7(8)9;1-5(2,3)4/h1-6H;(H3,1,2,3,4). The molecule has 7 heteroatoms. The third-order valence-electron chi connectivity index (χ3n) is 1.84. The van der Waals surface area contributed by atoms with Crippen molar-refractivity contribution < 1.29 is 28.8 Å². The molecule has 0 aliphatic heterocycles. The van der Waals surface area contributed by atoms with E-state index in [9.17, 15) is 9.59 Å². The van der Waals surface area contributed by atoms with Crippen LogP contribution < -0.4 is 0 Å². The summed E-state index contributed by atoms with van der Waals surface area (Å²) in [5.41, 5.74) is 1.01. The van der Waals surface area contributed by atoms with Gasteiger partial charge in [0.1, 0.15) is 0 Å². The van der Waals surface area contributed by atoms with Crippen molar-refractivity contribution in [2.75, 3.05) is 0 Å². The van der Waals surface area contributed by atoms with Gasteiger partial charge in [-0.3, -0.25) is 9.59 Å². The van der Waals surface area contributed by atoms with E-state index in [1.807, 2.05) is 0 Å². The Morgan fingerprint density at radius 3 is 1.41 bits per heavy atom. The van der Waals surface area contributed by atoms with Gasteiger partial charge in [-0.05, 0) is 12.2 Å². The van der Waals surface area contributed by atoms with E-state index in [4.69, 9.17) is 19.2 Å². The highest BCUT2D eigenvalue weighted by atomic mass is 31.2. The fourth-order valence-electron chi connectivity index (χ4n) is 1.24. The lowest BCUT2D eigenvalue weighted by Crippen LogP contribution is -2.10. The summed E-state index contributed by atoms with van der Waals surface area (Å²) >= 11 is 0. The zero-order valence-electron chi connectivity index (χ0n) is 8.48. The van der Waals surface area contributed by atoms with Crippen molar-refractivity contribution in [3.05, 3.63) is 47.5 Å². The summed E-state index contributed by atoms with van der Waals surface area (Å²) in [5.74, 6) is -0.185. The predicted molar refractivity (Wildman–Crippen MR) is 58.5 cm³/mol. The Bertz CT molecular complexity index is 482. The van der Waals surface area contributed by atoms with Crippen molar-refractivity contribution in [3.8, 4) is 0 Å². The smallest absolute Gasteiger partial charge is 0.303 e. The number of carbonyl (C=O) groups is 2. The molecule has 6 nitrogen and oxygen atoms in total. The first kappa shape index (κ1) is 13.5. The highest BCUT2D eigenvalue weighted by Crippen LogP contribution is 2.25. The minimum atomic E-state index is -4.64. The maximum absolute atomic E-state index is 11.2. The molecule has 0 saturated carbocycles. The number of carbonyl (C=O) groups excluding carboxylic acids is 2. The fraction of sp³-hybridized carbons (Fsp3) is 0. The zero-order chi connectivity index (χ0) is 13.1. The Balaban J connectivity index is 0.000000249. The first-order valence-electron chi connectivity index (χ1n) is 4.43. The summed E-state index contributed by atoms with van der Waals surface area (Å²) in [6.45, 7) is 0. The van der Waals surface area contributed by atoms with Crippen LogP contribution in [-0.2, 0) is 4.57 Å². The summed E-state index contributed by atoms with van der Waals surface area (Å²) in [7, 11) is -4.64. The SMILES string of the molecule is O=C1C=CC(=O)c2ccccc21.O=P(O)(O)O. The fourth-order valence-corrected chi connectivity index (χ4v) is 1.24. The van der Waals surface area contributed by atoms with Crippen LogP contribution in [0.1, 0.15) is 20.7 Å². The molecule has 0 aromatic heterocycles. The predicted octanol–water partition coefficient (Wildman–Crippen LogP) is 0.693.